The fraction of sp³-hybridized carbons (Fsp3) is 0.143. The zero-order valence-electron chi connectivity index (χ0n) is 7.05. The van der Waals surface area contributed by atoms with Crippen LogP contribution in [0.25, 0.3) is 0 Å². The van der Waals surface area contributed by atoms with Crippen LogP contribution in [0.1, 0.15) is 21.0 Å². The third-order valence-corrected chi connectivity index (χ3v) is 1.87. The van der Waals surface area contributed by atoms with Gasteiger partial charge in [0.05, 0.1) is 0 Å². The Kier molecular flexibility index (Phi) is 1.45. The highest BCUT2D eigenvalue weighted by atomic mass is 16.3. The molecule has 0 aliphatic carbocycles. The lowest BCUT2D eigenvalue weighted by atomic mass is 10.3. The van der Waals surface area contributed by atoms with Gasteiger partial charge in [0.1, 0.15) is 0 Å². The molecule has 1 aliphatic rings. The van der Waals surface area contributed by atoms with Crippen LogP contribution in [0.4, 0.5) is 0 Å². The van der Waals surface area contributed by atoms with E-state index in [1.54, 1.807) is 0 Å². The number of carbonyl (C=O) groups is 2. The van der Waals surface area contributed by atoms with E-state index in [1.807, 2.05) is 0 Å². The number of rotatable bonds is 0. The molecule has 0 unspecified atom stereocenters. The van der Waals surface area contributed by atoms with Crippen LogP contribution in [0.15, 0.2) is 0 Å². The Morgan fingerprint density at radius 2 is 1.36 bits per heavy atom. The molecule has 0 aromatic carbocycles. The van der Waals surface area contributed by atoms with E-state index in [-0.39, 0.29) is 11.4 Å². The molecule has 7 heteroatoms. The van der Waals surface area contributed by atoms with Crippen molar-refractivity contribution in [2.75, 3.05) is 7.05 Å². The molecule has 0 bridgehead atoms. The first kappa shape index (κ1) is 8.42. The van der Waals surface area contributed by atoms with Crippen molar-refractivity contribution < 1.29 is 19.8 Å². The molecule has 14 heavy (non-hydrogen) atoms. The predicted molar refractivity (Wildman–Crippen MR) is 41.8 cm³/mol. The van der Waals surface area contributed by atoms with Gasteiger partial charge < -0.3 is 10.2 Å². The lowest BCUT2D eigenvalue weighted by molar-refractivity contribution is 0.0689. The highest BCUT2D eigenvalue weighted by Crippen LogP contribution is 2.25. The normalized spacial score (nSPS) is 14.8. The summed E-state index contributed by atoms with van der Waals surface area (Å²) in [5.41, 5.74) is -0.486. The van der Waals surface area contributed by atoms with Gasteiger partial charge in [-0.05, 0) is 0 Å². The predicted octanol–water partition coefficient (Wildman–Crippen LogP) is -0.886. The lowest BCUT2D eigenvalue weighted by Crippen LogP contribution is -2.24. The van der Waals surface area contributed by atoms with Gasteiger partial charge in [-0.15, -0.1) is 0 Å². The fourth-order valence-electron chi connectivity index (χ4n) is 1.13. The van der Waals surface area contributed by atoms with E-state index >= 15 is 0 Å². The number of imide groups is 1. The van der Waals surface area contributed by atoms with Gasteiger partial charge in [-0.1, -0.05) is 0 Å². The summed E-state index contributed by atoms with van der Waals surface area (Å²) in [5, 5.41) is 17.9. The van der Waals surface area contributed by atoms with Gasteiger partial charge in [-0.25, -0.2) is 9.97 Å². The molecule has 1 aliphatic heterocycles. The number of aromatic nitrogens is 2. The van der Waals surface area contributed by atoms with Gasteiger partial charge in [-0.3, -0.25) is 14.5 Å². The maximum absolute atomic E-state index is 11.3. The van der Waals surface area contributed by atoms with Crippen molar-refractivity contribution in [1.29, 1.82) is 0 Å². The van der Waals surface area contributed by atoms with Crippen LogP contribution in [0.2, 0.25) is 0 Å². The topological polar surface area (TPSA) is 104 Å². The third-order valence-electron chi connectivity index (χ3n) is 1.87. The lowest BCUT2D eigenvalue weighted by Gasteiger charge is -2.01. The molecular formula is C7H5N3O4. The summed E-state index contributed by atoms with van der Waals surface area (Å²) in [6.45, 7) is 0. The Hall–Kier alpha value is -2.18. The molecule has 1 aromatic heterocycles. The quantitative estimate of drug-likeness (QED) is 0.520. The number of hydrogen-bond acceptors (Lipinski definition) is 6. The van der Waals surface area contributed by atoms with Crippen LogP contribution < -0.4 is 0 Å². The Balaban J connectivity index is 2.71. The molecule has 72 valence electrons. The summed E-state index contributed by atoms with van der Waals surface area (Å²) in [6, 6.07) is 0. The van der Waals surface area contributed by atoms with Crippen molar-refractivity contribution in [3.63, 3.8) is 0 Å². The zero-order chi connectivity index (χ0) is 10.5. The molecule has 0 radical (unpaired) electrons. The summed E-state index contributed by atoms with van der Waals surface area (Å²) in [6.07, 6.45) is 0. The first-order valence-electron chi connectivity index (χ1n) is 3.64. The molecule has 0 saturated carbocycles. The Labute approximate surface area is 77.6 Å². The van der Waals surface area contributed by atoms with Crippen molar-refractivity contribution in [1.82, 2.24) is 14.9 Å². The monoisotopic (exact) mass is 195 g/mol. The van der Waals surface area contributed by atoms with E-state index in [1.165, 1.54) is 7.05 Å². The highest BCUT2D eigenvalue weighted by molar-refractivity contribution is 6.19. The Bertz CT molecular complexity index is 415. The first-order chi connectivity index (χ1) is 6.52. The number of carbonyl (C=O) groups excluding carboxylic acids is 2. The molecule has 7 nitrogen and oxygen atoms in total. The van der Waals surface area contributed by atoms with Crippen molar-refractivity contribution >= 4 is 11.8 Å². The molecule has 2 rings (SSSR count). The fourth-order valence-corrected chi connectivity index (χ4v) is 1.13. The van der Waals surface area contributed by atoms with Crippen LogP contribution in [-0.2, 0) is 0 Å². The van der Waals surface area contributed by atoms with Crippen LogP contribution in [0, 0.1) is 0 Å². The van der Waals surface area contributed by atoms with Crippen LogP contribution >= 0.6 is 0 Å². The van der Waals surface area contributed by atoms with E-state index in [0.29, 0.717) is 0 Å². The second-order valence-corrected chi connectivity index (χ2v) is 2.74. The number of amides is 2. The number of hydrogen-bond donors (Lipinski definition) is 2. The summed E-state index contributed by atoms with van der Waals surface area (Å²) >= 11 is 0. The standard InChI is InChI=1S/C7H5N3O4/c1-10-6(13)2-3(7(10)14)9-5(12)4(11)8-2/h1H3,(H,8,11)(H,9,12). The van der Waals surface area contributed by atoms with Crippen molar-refractivity contribution in [3.05, 3.63) is 11.4 Å². The Morgan fingerprint density at radius 3 is 1.71 bits per heavy atom. The largest absolute Gasteiger partial charge is 0.489 e. The van der Waals surface area contributed by atoms with E-state index in [2.05, 4.69) is 9.97 Å². The minimum absolute atomic E-state index is 0.243. The summed E-state index contributed by atoms with van der Waals surface area (Å²) < 4.78 is 0. The molecule has 0 spiro atoms. The molecular weight excluding hydrogens is 190 g/mol. The average Bonchev–Trinajstić information content (AvgIpc) is 2.34. The van der Waals surface area contributed by atoms with Gasteiger partial charge in [0.15, 0.2) is 11.4 Å². The minimum Gasteiger partial charge on any atom is -0.489 e. The van der Waals surface area contributed by atoms with Crippen LogP contribution in [0.3, 0.4) is 0 Å². The molecule has 0 saturated heterocycles. The van der Waals surface area contributed by atoms with Gasteiger partial charge in [-0.2, -0.15) is 0 Å². The first-order valence-corrected chi connectivity index (χ1v) is 3.64. The van der Waals surface area contributed by atoms with Crippen LogP contribution in [-0.4, -0.2) is 43.9 Å². The van der Waals surface area contributed by atoms with E-state index in [9.17, 15) is 9.59 Å². The van der Waals surface area contributed by atoms with E-state index in [4.69, 9.17) is 10.2 Å². The minimum atomic E-state index is -0.764. The maximum atomic E-state index is 11.3. The van der Waals surface area contributed by atoms with Crippen molar-refractivity contribution in [2.45, 2.75) is 0 Å². The van der Waals surface area contributed by atoms with Gasteiger partial charge in [0.2, 0.25) is 0 Å². The molecule has 0 atom stereocenters. The molecule has 2 heterocycles. The van der Waals surface area contributed by atoms with Crippen molar-refractivity contribution in [3.8, 4) is 11.8 Å². The summed E-state index contributed by atoms with van der Waals surface area (Å²) in [5.74, 6) is -2.82. The number of aromatic hydroxyl groups is 2. The van der Waals surface area contributed by atoms with Crippen LogP contribution in [0.5, 0.6) is 11.8 Å². The number of nitrogens with zero attached hydrogens (tertiary/aromatic N) is 3. The molecule has 2 N–H and O–H groups in total. The molecule has 1 aromatic rings. The summed E-state index contributed by atoms with van der Waals surface area (Å²) in [4.78, 5) is 30.1. The maximum Gasteiger partial charge on any atom is 0.281 e. The highest BCUT2D eigenvalue weighted by Gasteiger charge is 2.37. The molecule has 0 fully saturated rings. The van der Waals surface area contributed by atoms with Gasteiger partial charge in [0, 0.05) is 7.05 Å². The average molecular weight is 195 g/mol. The van der Waals surface area contributed by atoms with Gasteiger partial charge in [0.25, 0.3) is 23.6 Å². The van der Waals surface area contributed by atoms with E-state index in [0.717, 1.165) is 4.90 Å². The summed E-state index contributed by atoms with van der Waals surface area (Å²) in [7, 11) is 1.27. The van der Waals surface area contributed by atoms with Gasteiger partial charge >= 0.3 is 0 Å². The SMILES string of the molecule is CN1C(=O)c2nc(O)c(O)nc2C1=O. The number of fused-ring (bicyclic) bond motifs is 1. The van der Waals surface area contributed by atoms with E-state index < -0.39 is 23.6 Å². The third kappa shape index (κ3) is 0.859. The smallest absolute Gasteiger partial charge is 0.281 e. The Morgan fingerprint density at radius 1 is 1.00 bits per heavy atom. The molecule has 2 amide bonds. The second-order valence-electron chi connectivity index (χ2n) is 2.74. The second kappa shape index (κ2) is 2.41. The zero-order valence-corrected chi connectivity index (χ0v) is 7.05. The van der Waals surface area contributed by atoms with Crippen molar-refractivity contribution in [2.24, 2.45) is 0 Å².